The minimum Gasteiger partial charge on any atom is -0.323 e. The van der Waals surface area contributed by atoms with Crippen molar-refractivity contribution in [3.05, 3.63) is 24.2 Å². The van der Waals surface area contributed by atoms with Gasteiger partial charge in [0.05, 0.1) is 5.69 Å². The fraction of sp³-hybridized carbons (Fsp3) is 0.462. The van der Waals surface area contributed by atoms with Crippen LogP contribution in [-0.4, -0.2) is 20.5 Å². The molecule has 0 atom stereocenters. The van der Waals surface area contributed by atoms with Crippen LogP contribution in [0.1, 0.15) is 38.4 Å². The number of carbonyl (C=O) groups excluding carboxylic acids is 1. The van der Waals surface area contributed by atoms with Crippen LogP contribution in [0.15, 0.2) is 18.3 Å². The molecule has 1 saturated carbocycles. The zero-order valence-corrected chi connectivity index (χ0v) is 10.6. The van der Waals surface area contributed by atoms with Crippen LogP contribution in [0.25, 0.3) is 5.65 Å². The third kappa shape index (κ3) is 1.96. The maximum Gasteiger partial charge on any atom is 0.227 e. The van der Waals surface area contributed by atoms with Crippen LogP contribution in [-0.2, 0) is 4.79 Å². The lowest BCUT2D eigenvalue weighted by molar-refractivity contribution is -0.117. The lowest BCUT2D eigenvalue weighted by atomic mass is 10.2. The number of nitrogens with zero attached hydrogens (tertiary/aromatic N) is 3. The van der Waals surface area contributed by atoms with Crippen LogP contribution < -0.4 is 5.32 Å². The summed E-state index contributed by atoms with van der Waals surface area (Å²) >= 11 is 0. The van der Waals surface area contributed by atoms with Crippen LogP contribution in [0.5, 0.6) is 0 Å². The highest BCUT2D eigenvalue weighted by Gasteiger charge is 2.30. The Morgan fingerprint density at radius 1 is 1.50 bits per heavy atom. The highest BCUT2D eigenvalue weighted by molar-refractivity contribution is 5.96. The van der Waals surface area contributed by atoms with Gasteiger partial charge in [-0.1, -0.05) is 13.8 Å². The van der Waals surface area contributed by atoms with Gasteiger partial charge < -0.3 is 5.32 Å². The molecule has 1 fully saturated rings. The molecule has 1 aliphatic carbocycles. The summed E-state index contributed by atoms with van der Waals surface area (Å²) in [6, 6.07) is 3.74. The molecule has 0 radical (unpaired) electrons. The van der Waals surface area contributed by atoms with Crippen molar-refractivity contribution in [3.8, 4) is 0 Å². The van der Waals surface area contributed by atoms with Gasteiger partial charge in [0.25, 0.3) is 0 Å². The van der Waals surface area contributed by atoms with E-state index in [0.717, 1.165) is 30.0 Å². The molecule has 3 rings (SSSR count). The second-order valence-corrected chi connectivity index (χ2v) is 5.08. The number of fused-ring (bicyclic) bond motifs is 1. The Kier molecular flexibility index (Phi) is 2.54. The summed E-state index contributed by atoms with van der Waals surface area (Å²) in [6.45, 7) is 4.11. The first-order valence-corrected chi connectivity index (χ1v) is 6.31. The second-order valence-electron chi connectivity index (χ2n) is 5.08. The molecule has 0 aromatic carbocycles. The average Bonchev–Trinajstić information content (AvgIpc) is 3.08. The molecule has 2 heterocycles. The minimum absolute atomic E-state index is 0.0946. The van der Waals surface area contributed by atoms with Crippen molar-refractivity contribution in [1.29, 1.82) is 0 Å². The van der Waals surface area contributed by atoms with Crippen molar-refractivity contribution in [2.24, 2.45) is 5.92 Å². The summed E-state index contributed by atoms with van der Waals surface area (Å²) in [6.07, 6.45) is 3.85. The third-order valence-corrected chi connectivity index (χ3v) is 3.10. The predicted molar refractivity (Wildman–Crippen MR) is 68.4 cm³/mol. The molecule has 0 saturated heterocycles. The van der Waals surface area contributed by atoms with Gasteiger partial charge in [0.15, 0.2) is 11.5 Å². The summed E-state index contributed by atoms with van der Waals surface area (Å²) in [5, 5.41) is 7.33. The number of nitrogens with one attached hydrogen (secondary N) is 1. The van der Waals surface area contributed by atoms with Gasteiger partial charge in [-0.25, -0.2) is 9.50 Å². The van der Waals surface area contributed by atoms with Crippen molar-refractivity contribution in [2.75, 3.05) is 5.32 Å². The number of anilines is 1. The molecule has 2 aromatic rings. The van der Waals surface area contributed by atoms with Gasteiger partial charge in [-0.15, -0.1) is 0 Å². The van der Waals surface area contributed by atoms with Crippen LogP contribution in [0.3, 0.4) is 0 Å². The lowest BCUT2D eigenvalue weighted by Crippen LogP contribution is -2.14. The van der Waals surface area contributed by atoms with E-state index in [4.69, 9.17) is 0 Å². The summed E-state index contributed by atoms with van der Waals surface area (Å²) in [5.74, 6) is 1.36. The van der Waals surface area contributed by atoms with Gasteiger partial charge in [0, 0.05) is 18.0 Å². The highest BCUT2D eigenvalue weighted by Crippen LogP contribution is 2.30. The summed E-state index contributed by atoms with van der Waals surface area (Å²) in [4.78, 5) is 16.3. The number of amides is 1. The largest absolute Gasteiger partial charge is 0.323 e. The molecule has 5 heteroatoms. The molecule has 0 spiro atoms. The van der Waals surface area contributed by atoms with Crippen LogP contribution in [0.4, 0.5) is 5.69 Å². The standard InChI is InChI=1S/C13H16N4O/c1-8(2)11-15-12-10(4-3-7-17(12)16-11)14-13(18)9-5-6-9/h3-4,7-9H,5-6H2,1-2H3,(H,14,18). The first-order valence-electron chi connectivity index (χ1n) is 6.31. The Labute approximate surface area is 105 Å². The van der Waals surface area contributed by atoms with Gasteiger partial charge in [-0.05, 0) is 25.0 Å². The SMILES string of the molecule is CC(C)c1nc2c(NC(=O)C3CC3)cccn2n1. The lowest BCUT2D eigenvalue weighted by Gasteiger charge is -2.04. The number of hydrogen-bond donors (Lipinski definition) is 1. The Morgan fingerprint density at radius 3 is 2.94 bits per heavy atom. The van der Waals surface area contributed by atoms with E-state index in [1.54, 1.807) is 4.52 Å². The molecule has 18 heavy (non-hydrogen) atoms. The van der Waals surface area contributed by atoms with E-state index in [9.17, 15) is 4.79 Å². The fourth-order valence-electron chi connectivity index (χ4n) is 1.85. The Bertz CT molecular complexity index is 598. The van der Waals surface area contributed by atoms with Crippen molar-refractivity contribution >= 4 is 17.2 Å². The molecule has 2 aromatic heterocycles. The zero-order chi connectivity index (χ0) is 12.7. The van der Waals surface area contributed by atoms with E-state index in [0.29, 0.717) is 0 Å². The Morgan fingerprint density at radius 2 is 2.28 bits per heavy atom. The quantitative estimate of drug-likeness (QED) is 0.900. The normalized spacial score (nSPS) is 15.3. The first kappa shape index (κ1) is 11.2. The molecule has 1 aliphatic rings. The van der Waals surface area contributed by atoms with Gasteiger partial charge in [0.1, 0.15) is 0 Å². The molecule has 1 N–H and O–H groups in total. The van der Waals surface area contributed by atoms with E-state index in [2.05, 4.69) is 29.2 Å². The summed E-state index contributed by atoms with van der Waals surface area (Å²) < 4.78 is 1.72. The minimum atomic E-state index is 0.0946. The van der Waals surface area contributed by atoms with E-state index in [-0.39, 0.29) is 17.7 Å². The van der Waals surface area contributed by atoms with E-state index >= 15 is 0 Å². The average molecular weight is 244 g/mol. The second kappa shape index (κ2) is 4.08. The van der Waals surface area contributed by atoms with Gasteiger partial charge in [-0.2, -0.15) is 5.10 Å². The van der Waals surface area contributed by atoms with Gasteiger partial charge >= 0.3 is 0 Å². The molecule has 94 valence electrons. The first-order chi connectivity index (χ1) is 8.65. The van der Waals surface area contributed by atoms with Crippen molar-refractivity contribution in [1.82, 2.24) is 14.6 Å². The van der Waals surface area contributed by atoms with Crippen molar-refractivity contribution < 1.29 is 4.79 Å². The molecular formula is C13H16N4O. The van der Waals surface area contributed by atoms with E-state index in [1.807, 2.05) is 18.3 Å². The monoisotopic (exact) mass is 244 g/mol. The topological polar surface area (TPSA) is 59.3 Å². The number of carbonyl (C=O) groups is 1. The van der Waals surface area contributed by atoms with Crippen molar-refractivity contribution in [2.45, 2.75) is 32.6 Å². The van der Waals surface area contributed by atoms with Crippen molar-refractivity contribution in [3.63, 3.8) is 0 Å². The maximum absolute atomic E-state index is 11.8. The molecular weight excluding hydrogens is 228 g/mol. The number of rotatable bonds is 3. The summed E-state index contributed by atoms with van der Waals surface area (Å²) in [5.41, 5.74) is 1.46. The molecule has 5 nitrogen and oxygen atoms in total. The Balaban J connectivity index is 1.97. The van der Waals surface area contributed by atoms with Crippen LogP contribution >= 0.6 is 0 Å². The Hall–Kier alpha value is -1.91. The summed E-state index contributed by atoms with van der Waals surface area (Å²) in [7, 11) is 0. The van der Waals surface area contributed by atoms with Crippen LogP contribution in [0.2, 0.25) is 0 Å². The van der Waals surface area contributed by atoms with Gasteiger partial charge in [-0.3, -0.25) is 4.79 Å². The van der Waals surface area contributed by atoms with Crippen LogP contribution in [0, 0.1) is 5.92 Å². The smallest absolute Gasteiger partial charge is 0.227 e. The fourth-order valence-corrected chi connectivity index (χ4v) is 1.85. The molecule has 0 bridgehead atoms. The highest BCUT2D eigenvalue weighted by atomic mass is 16.2. The molecule has 0 aliphatic heterocycles. The number of hydrogen-bond acceptors (Lipinski definition) is 3. The van der Waals surface area contributed by atoms with E-state index in [1.165, 1.54) is 0 Å². The number of pyridine rings is 1. The zero-order valence-electron chi connectivity index (χ0n) is 10.6. The predicted octanol–water partition coefficient (Wildman–Crippen LogP) is 2.20. The third-order valence-electron chi connectivity index (χ3n) is 3.10. The molecule has 1 amide bonds. The number of aromatic nitrogens is 3. The maximum atomic E-state index is 11.8. The van der Waals surface area contributed by atoms with E-state index < -0.39 is 0 Å². The molecule has 0 unspecified atom stereocenters. The van der Waals surface area contributed by atoms with Gasteiger partial charge in [0.2, 0.25) is 5.91 Å².